The summed E-state index contributed by atoms with van der Waals surface area (Å²) in [5.41, 5.74) is 8.21. The Balaban J connectivity index is 2.38. The van der Waals surface area contributed by atoms with Gasteiger partial charge in [0.15, 0.2) is 0 Å². The molecule has 1 rings (SSSR count). The van der Waals surface area contributed by atoms with Crippen molar-refractivity contribution in [2.75, 3.05) is 26.2 Å². The molecule has 0 fully saturated rings. The van der Waals surface area contributed by atoms with E-state index >= 15 is 0 Å². The highest BCUT2D eigenvalue weighted by molar-refractivity contribution is 9.11. The van der Waals surface area contributed by atoms with Crippen molar-refractivity contribution in [3.63, 3.8) is 0 Å². The summed E-state index contributed by atoms with van der Waals surface area (Å²) in [6.07, 6.45) is 9.41. The first-order chi connectivity index (χ1) is 16.4. The van der Waals surface area contributed by atoms with Gasteiger partial charge in [0.25, 0.3) is 5.91 Å². The molecule has 190 valence electrons. The van der Waals surface area contributed by atoms with Gasteiger partial charge in [-0.05, 0) is 75.2 Å². The smallest absolute Gasteiger partial charge is 0.266 e. The molecule has 11 nitrogen and oxygen atoms in total. The number of nitrogens with one attached hydrogen (secondary N) is 1. The summed E-state index contributed by atoms with van der Waals surface area (Å²) < 4.78 is 7.38. The lowest BCUT2D eigenvalue weighted by Crippen LogP contribution is -2.25. The predicted octanol–water partition coefficient (Wildman–Crippen LogP) is 2.48. The minimum atomic E-state index is -0.769. The molecule has 0 aliphatic rings. The van der Waals surface area contributed by atoms with Crippen LogP contribution in [0.1, 0.15) is 44.1 Å². The number of hydrazine groups is 1. The number of nitrogens with two attached hydrogens (primary N) is 3. The largest absolute Gasteiger partial charge is 0.491 e. The average Bonchev–Trinajstić information content (AvgIpc) is 2.80. The highest BCUT2D eigenvalue weighted by atomic mass is 79.9. The van der Waals surface area contributed by atoms with Gasteiger partial charge in [-0.15, -0.1) is 0 Å². The first-order valence-corrected chi connectivity index (χ1v) is 12.5. The van der Waals surface area contributed by atoms with E-state index in [9.17, 15) is 4.79 Å². The van der Waals surface area contributed by atoms with Crippen LogP contribution in [0.5, 0.6) is 5.75 Å². The van der Waals surface area contributed by atoms with Crippen molar-refractivity contribution in [2.45, 2.75) is 44.9 Å². The molecular formula is C21H34Br2N8O3. The van der Waals surface area contributed by atoms with Gasteiger partial charge >= 0.3 is 0 Å². The van der Waals surface area contributed by atoms with Gasteiger partial charge in [-0.3, -0.25) is 9.79 Å². The van der Waals surface area contributed by atoms with E-state index in [-0.39, 0.29) is 12.1 Å². The molecule has 0 atom stereocenters. The Kier molecular flexibility index (Phi) is 15.7. The van der Waals surface area contributed by atoms with E-state index in [1.165, 1.54) is 6.34 Å². The van der Waals surface area contributed by atoms with E-state index in [0.717, 1.165) is 72.7 Å². The first-order valence-electron chi connectivity index (χ1n) is 11.0. The highest BCUT2D eigenvalue weighted by Gasteiger charge is 2.14. The number of aliphatic imine (C=N–C) groups is 1. The van der Waals surface area contributed by atoms with Crippen LogP contribution in [0.25, 0.3) is 0 Å². The molecule has 0 heterocycles. The Morgan fingerprint density at radius 2 is 1.76 bits per heavy atom. The fourth-order valence-corrected chi connectivity index (χ4v) is 4.63. The maximum absolute atomic E-state index is 11.3. The predicted molar refractivity (Wildman–Crippen MR) is 142 cm³/mol. The van der Waals surface area contributed by atoms with Crippen LogP contribution in [0.15, 0.2) is 36.3 Å². The number of hydrogen-bond acceptors (Lipinski definition) is 8. The first kappa shape index (κ1) is 29.7. The summed E-state index contributed by atoms with van der Waals surface area (Å²) in [5, 5.41) is 15.5. The van der Waals surface area contributed by atoms with Crippen LogP contribution in [-0.4, -0.2) is 60.6 Å². The second kappa shape index (κ2) is 18.0. The molecule has 0 bridgehead atoms. The lowest BCUT2D eigenvalue weighted by molar-refractivity contribution is -0.112. The maximum atomic E-state index is 11.3. The monoisotopic (exact) mass is 604 g/mol. The quantitative estimate of drug-likeness (QED) is 0.0426. The minimum Gasteiger partial charge on any atom is -0.491 e. The summed E-state index contributed by atoms with van der Waals surface area (Å²) in [6.45, 7) is 3.05. The Morgan fingerprint density at radius 1 is 1.12 bits per heavy atom. The number of amides is 1. The number of carbonyl (C=O) groups excluding carboxylic acids is 1. The standard InChI is InChI=1S/C21H34Br2N8O3/c22-17-11-16(13-19(30-33)21(24)32)12-18(23)20(17)34-10-6-5-9-31(15-29-26)8-4-2-1-3-7-27-14-28-25/h11-12,14-15,33H,1-10,13,25-26H2,(H2,24,32)(H,27,28)/b29-15+,30-19-. The third-order valence-corrected chi connectivity index (χ3v) is 5.98. The molecule has 13 heteroatoms. The summed E-state index contributed by atoms with van der Waals surface area (Å²) in [7, 11) is 0. The second-order valence-electron chi connectivity index (χ2n) is 7.45. The fourth-order valence-electron chi connectivity index (χ4n) is 3.12. The highest BCUT2D eigenvalue weighted by Crippen LogP contribution is 2.35. The van der Waals surface area contributed by atoms with E-state index < -0.39 is 5.91 Å². The van der Waals surface area contributed by atoms with E-state index in [1.807, 2.05) is 0 Å². The molecule has 1 aromatic rings. The lowest BCUT2D eigenvalue weighted by Gasteiger charge is -2.19. The fraction of sp³-hybridized carbons (Fsp3) is 0.524. The number of hydrazone groups is 1. The van der Waals surface area contributed by atoms with Gasteiger partial charge in [0.05, 0.1) is 21.9 Å². The van der Waals surface area contributed by atoms with Gasteiger partial charge in [-0.25, -0.2) is 5.84 Å². The van der Waals surface area contributed by atoms with Gasteiger partial charge < -0.3 is 31.8 Å². The molecule has 0 saturated heterocycles. The third-order valence-electron chi connectivity index (χ3n) is 4.80. The van der Waals surface area contributed by atoms with Crippen molar-refractivity contribution in [1.82, 2.24) is 10.3 Å². The van der Waals surface area contributed by atoms with Crippen molar-refractivity contribution in [2.24, 2.45) is 32.7 Å². The SMILES string of the molecule is N/N=C/N(CCCCCCN=CNN)CCCCOc1c(Br)cc(C/C(=N/O)C(N)=O)cc1Br. The van der Waals surface area contributed by atoms with E-state index in [1.54, 1.807) is 18.5 Å². The molecule has 0 aliphatic carbocycles. The second-order valence-corrected chi connectivity index (χ2v) is 9.16. The number of oxime groups is 1. The Hall–Kier alpha value is -2.38. The van der Waals surface area contributed by atoms with Gasteiger partial charge in [-0.1, -0.05) is 18.0 Å². The summed E-state index contributed by atoms with van der Waals surface area (Å²) in [5.74, 6) is 10.4. The molecule has 0 spiro atoms. The Morgan fingerprint density at radius 3 is 2.35 bits per heavy atom. The van der Waals surface area contributed by atoms with Crippen molar-refractivity contribution >= 4 is 56.2 Å². The molecule has 1 aromatic carbocycles. The molecule has 0 aromatic heterocycles. The normalized spacial score (nSPS) is 11.9. The van der Waals surface area contributed by atoms with Crippen molar-refractivity contribution in [3.05, 3.63) is 26.6 Å². The number of hydrogen-bond donors (Lipinski definition) is 5. The maximum Gasteiger partial charge on any atom is 0.266 e. The van der Waals surface area contributed by atoms with Crippen LogP contribution in [0, 0.1) is 0 Å². The van der Waals surface area contributed by atoms with Gasteiger partial charge in [0, 0.05) is 26.1 Å². The van der Waals surface area contributed by atoms with Crippen molar-refractivity contribution < 1.29 is 14.7 Å². The molecule has 8 N–H and O–H groups in total. The van der Waals surface area contributed by atoms with Crippen LogP contribution in [-0.2, 0) is 11.2 Å². The van der Waals surface area contributed by atoms with Crippen LogP contribution in [0.3, 0.4) is 0 Å². The molecule has 1 amide bonds. The van der Waals surface area contributed by atoms with Crippen LogP contribution >= 0.6 is 31.9 Å². The summed E-state index contributed by atoms with van der Waals surface area (Å²) in [6, 6.07) is 3.60. The van der Waals surface area contributed by atoms with E-state index in [2.05, 4.69) is 57.4 Å². The van der Waals surface area contributed by atoms with Crippen LogP contribution in [0.4, 0.5) is 0 Å². The molecule has 34 heavy (non-hydrogen) atoms. The molecular weight excluding hydrogens is 572 g/mol. The third kappa shape index (κ3) is 12.2. The van der Waals surface area contributed by atoms with Crippen LogP contribution < -0.4 is 27.6 Å². The number of nitrogens with zero attached hydrogens (tertiary/aromatic N) is 4. The number of halogens is 2. The zero-order chi connectivity index (χ0) is 25.2. The van der Waals surface area contributed by atoms with Crippen molar-refractivity contribution in [3.8, 4) is 5.75 Å². The van der Waals surface area contributed by atoms with Gasteiger partial charge in [-0.2, -0.15) is 5.10 Å². The number of unbranched alkanes of at least 4 members (excludes halogenated alkanes) is 4. The Labute approximate surface area is 217 Å². The number of primary amides is 1. The zero-order valence-corrected chi connectivity index (χ0v) is 22.3. The Bertz CT molecular complexity index is 813. The molecule has 0 saturated carbocycles. The lowest BCUT2D eigenvalue weighted by atomic mass is 10.1. The number of benzene rings is 1. The molecule has 0 unspecified atom stereocenters. The molecule has 0 radical (unpaired) electrons. The van der Waals surface area contributed by atoms with Crippen LogP contribution in [0.2, 0.25) is 0 Å². The molecule has 0 aliphatic heterocycles. The van der Waals surface area contributed by atoms with Gasteiger partial charge in [0.2, 0.25) is 0 Å². The van der Waals surface area contributed by atoms with Gasteiger partial charge in [0.1, 0.15) is 17.8 Å². The minimum absolute atomic E-state index is 0.113. The average molecular weight is 606 g/mol. The van der Waals surface area contributed by atoms with Crippen molar-refractivity contribution in [1.29, 1.82) is 0 Å². The number of rotatable bonds is 18. The zero-order valence-electron chi connectivity index (χ0n) is 19.1. The number of carbonyl (C=O) groups is 1. The number of ether oxygens (including phenoxy) is 1. The van der Waals surface area contributed by atoms with E-state index in [0.29, 0.717) is 12.4 Å². The summed E-state index contributed by atoms with van der Waals surface area (Å²) >= 11 is 6.98. The summed E-state index contributed by atoms with van der Waals surface area (Å²) in [4.78, 5) is 17.5. The topological polar surface area (TPSA) is 177 Å². The van der Waals surface area contributed by atoms with E-state index in [4.69, 9.17) is 27.4 Å².